The van der Waals surface area contributed by atoms with Crippen LogP contribution in [0.4, 0.5) is 0 Å². The molecule has 0 aromatic heterocycles. The van der Waals surface area contributed by atoms with Crippen molar-refractivity contribution in [1.82, 2.24) is 5.32 Å². The van der Waals surface area contributed by atoms with E-state index in [9.17, 15) is 0 Å². The van der Waals surface area contributed by atoms with Crippen LogP contribution in [0.5, 0.6) is 0 Å². The van der Waals surface area contributed by atoms with Crippen molar-refractivity contribution in [3.8, 4) is 0 Å². The minimum Gasteiger partial charge on any atom is -0.373 e. The third-order valence-electron chi connectivity index (χ3n) is 2.04. The summed E-state index contributed by atoms with van der Waals surface area (Å²) in [6.45, 7) is 5.71. The van der Waals surface area contributed by atoms with Crippen molar-refractivity contribution in [1.29, 1.82) is 0 Å². The van der Waals surface area contributed by atoms with Gasteiger partial charge in [-0.25, -0.2) is 4.99 Å². The molecule has 0 atom stereocenters. The van der Waals surface area contributed by atoms with Crippen LogP contribution in [0.3, 0.4) is 0 Å². The fourth-order valence-corrected chi connectivity index (χ4v) is 1.37. The van der Waals surface area contributed by atoms with Gasteiger partial charge in [0, 0.05) is 18.8 Å². The van der Waals surface area contributed by atoms with Gasteiger partial charge < -0.3 is 5.32 Å². The molecule has 0 saturated heterocycles. The van der Waals surface area contributed by atoms with Gasteiger partial charge >= 0.3 is 0 Å². The van der Waals surface area contributed by atoms with E-state index in [1.165, 1.54) is 0 Å². The van der Waals surface area contributed by atoms with Gasteiger partial charge in [0.15, 0.2) is 0 Å². The van der Waals surface area contributed by atoms with E-state index in [0.717, 1.165) is 17.0 Å². The van der Waals surface area contributed by atoms with Crippen molar-refractivity contribution in [2.45, 2.75) is 6.92 Å². The Labute approximate surface area is 91.1 Å². The van der Waals surface area contributed by atoms with E-state index in [4.69, 9.17) is 0 Å². The van der Waals surface area contributed by atoms with Crippen molar-refractivity contribution in [3.05, 3.63) is 54.4 Å². The van der Waals surface area contributed by atoms with Crippen LogP contribution in [0, 0.1) is 0 Å². The van der Waals surface area contributed by atoms with Gasteiger partial charge in [0.2, 0.25) is 0 Å². The lowest BCUT2D eigenvalue weighted by Crippen LogP contribution is -2.06. The first kappa shape index (κ1) is 11.2. The van der Waals surface area contributed by atoms with Gasteiger partial charge in [-0.1, -0.05) is 43.0 Å². The fraction of sp³-hybridized carbons (Fsp3) is 0.154. The van der Waals surface area contributed by atoms with Crippen LogP contribution in [0.15, 0.2) is 53.8 Å². The molecule has 2 nitrogen and oxygen atoms in total. The second-order valence-electron chi connectivity index (χ2n) is 2.97. The molecule has 1 rings (SSSR count). The number of hydrogen-bond donors (Lipinski definition) is 1. The lowest BCUT2D eigenvalue weighted by Gasteiger charge is -2.07. The molecule has 0 unspecified atom stereocenters. The van der Waals surface area contributed by atoms with Crippen molar-refractivity contribution in [2.24, 2.45) is 4.99 Å². The predicted octanol–water partition coefficient (Wildman–Crippen LogP) is 2.85. The minimum atomic E-state index is 0.832. The molecule has 0 heterocycles. The first-order valence-electron chi connectivity index (χ1n) is 4.92. The second-order valence-corrected chi connectivity index (χ2v) is 2.97. The average molecular weight is 200 g/mol. The molecule has 15 heavy (non-hydrogen) atoms. The molecule has 0 bridgehead atoms. The molecule has 0 amide bonds. The Morgan fingerprint density at radius 1 is 1.33 bits per heavy atom. The number of nitrogens with one attached hydrogen (secondary N) is 1. The summed E-state index contributed by atoms with van der Waals surface area (Å²) in [6.07, 6.45) is 3.58. The summed E-state index contributed by atoms with van der Waals surface area (Å²) < 4.78 is 0. The summed E-state index contributed by atoms with van der Waals surface area (Å²) in [6, 6.07) is 10.1. The highest BCUT2D eigenvalue weighted by Crippen LogP contribution is 2.18. The molecular formula is C13H16N2. The molecule has 0 aliphatic heterocycles. The molecule has 0 aliphatic rings. The summed E-state index contributed by atoms with van der Waals surface area (Å²) >= 11 is 0. The van der Waals surface area contributed by atoms with E-state index < -0.39 is 0 Å². The van der Waals surface area contributed by atoms with Gasteiger partial charge in [0.25, 0.3) is 0 Å². The van der Waals surface area contributed by atoms with E-state index in [2.05, 4.69) is 16.9 Å². The van der Waals surface area contributed by atoms with Gasteiger partial charge in [-0.3, -0.25) is 0 Å². The second kappa shape index (κ2) is 5.81. The third-order valence-corrected chi connectivity index (χ3v) is 2.04. The number of nitrogens with zero attached hydrogens (tertiary/aromatic N) is 1. The first-order valence-corrected chi connectivity index (χ1v) is 4.92. The van der Waals surface area contributed by atoms with Gasteiger partial charge in [-0.2, -0.15) is 0 Å². The molecule has 78 valence electrons. The number of benzene rings is 1. The van der Waals surface area contributed by atoms with Gasteiger partial charge in [-0.05, 0) is 12.5 Å². The van der Waals surface area contributed by atoms with Crippen LogP contribution in [0.2, 0.25) is 0 Å². The molecular weight excluding hydrogens is 184 g/mol. The maximum atomic E-state index is 4.26. The van der Waals surface area contributed by atoms with E-state index in [0.29, 0.717) is 0 Å². The summed E-state index contributed by atoms with van der Waals surface area (Å²) in [7, 11) is 1.86. The van der Waals surface area contributed by atoms with Crippen LogP contribution < -0.4 is 5.32 Å². The average Bonchev–Trinajstić information content (AvgIpc) is 2.30. The zero-order valence-corrected chi connectivity index (χ0v) is 9.20. The standard InChI is InChI=1S/C13H16N2/c1-4-12(13(14-3)15-5-2)11-9-7-6-8-10-11/h4-10,14H,1H2,2-3H3/b13-12+,15-5-. The molecule has 1 N–H and O–H groups in total. The maximum absolute atomic E-state index is 4.26. The molecule has 0 fully saturated rings. The Hall–Kier alpha value is -1.83. The molecule has 1 aromatic rings. The number of aliphatic imine (C=N–C) groups is 1. The van der Waals surface area contributed by atoms with E-state index >= 15 is 0 Å². The molecule has 0 spiro atoms. The third kappa shape index (κ3) is 2.81. The smallest absolute Gasteiger partial charge is 0.133 e. The van der Waals surface area contributed by atoms with Gasteiger partial charge in [0.05, 0.1) is 0 Å². The molecule has 0 aliphatic carbocycles. The number of allylic oxidation sites excluding steroid dienone is 2. The highest BCUT2D eigenvalue weighted by atomic mass is 15.0. The van der Waals surface area contributed by atoms with E-state index in [-0.39, 0.29) is 0 Å². The predicted molar refractivity (Wildman–Crippen MR) is 66.8 cm³/mol. The normalized spacial score (nSPS) is 12.4. The Bertz CT molecular complexity index is 375. The minimum absolute atomic E-state index is 0.832. The summed E-state index contributed by atoms with van der Waals surface area (Å²) in [4.78, 5) is 4.26. The monoisotopic (exact) mass is 200 g/mol. The molecule has 2 heteroatoms. The van der Waals surface area contributed by atoms with Crippen molar-refractivity contribution in [3.63, 3.8) is 0 Å². The zero-order chi connectivity index (χ0) is 11.1. The van der Waals surface area contributed by atoms with Gasteiger partial charge in [0.1, 0.15) is 5.82 Å². The lowest BCUT2D eigenvalue weighted by atomic mass is 10.1. The van der Waals surface area contributed by atoms with Crippen molar-refractivity contribution < 1.29 is 0 Å². The number of rotatable bonds is 4. The summed E-state index contributed by atoms with van der Waals surface area (Å²) in [5.74, 6) is 0.832. The Morgan fingerprint density at radius 2 is 2.00 bits per heavy atom. The summed E-state index contributed by atoms with van der Waals surface area (Å²) in [5, 5.41) is 3.06. The van der Waals surface area contributed by atoms with Crippen molar-refractivity contribution in [2.75, 3.05) is 7.05 Å². The Morgan fingerprint density at radius 3 is 2.47 bits per heavy atom. The van der Waals surface area contributed by atoms with Gasteiger partial charge in [-0.15, -0.1) is 0 Å². The zero-order valence-electron chi connectivity index (χ0n) is 9.20. The summed E-state index contributed by atoms with van der Waals surface area (Å²) in [5.41, 5.74) is 2.12. The molecule has 0 radical (unpaired) electrons. The van der Waals surface area contributed by atoms with E-state index in [1.807, 2.05) is 50.4 Å². The van der Waals surface area contributed by atoms with Crippen molar-refractivity contribution >= 4 is 11.8 Å². The van der Waals surface area contributed by atoms with Crippen LogP contribution in [-0.4, -0.2) is 13.3 Å². The highest BCUT2D eigenvalue weighted by Gasteiger charge is 2.02. The fourth-order valence-electron chi connectivity index (χ4n) is 1.37. The first-order chi connectivity index (χ1) is 7.33. The SMILES string of the molecule is C=C/C(=C(\N=C/C)NC)c1ccccc1. The van der Waals surface area contributed by atoms with E-state index in [1.54, 1.807) is 6.21 Å². The quantitative estimate of drug-likeness (QED) is 0.586. The molecule has 0 saturated carbocycles. The number of hydrogen-bond acceptors (Lipinski definition) is 2. The maximum Gasteiger partial charge on any atom is 0.133 e. The van der Waals surface area contributed by atoms with Crippen LogP contribution in [0.25, 0.3) is 5.57 Å². The Kier molecular flexibility index (Phi) is 4.35. The topological polar surface area (TPSA) is 24.4 Å². The lowest BCUT2D eigenvalue weighted by molar-refractivity contribution is 0.973. The van der Waals surface area contributed by atoms with Crippen LogP contribution in [-0.2, 0) is 0 Å². The largest absolute Gasteiger partial charge is 0.373 e. The highest BCUT2D eigenvalue weighted by molar-refractivity contribution is 5.77. The van der Waals surface area contributed by atoms with Crippen LogP contribution >= 0.6 is 0 Å². The van der Waals surface area contributed by atoms with Crippen LogP contribution in [0.1, 0.15) is 12.5 Å². The molecule has 1 aromatic carbocycles. The Balaban J connectivity index is 3.22.